The van der Waals surface area contributed by atoms with E-state index >= 15 is 0 Å². The Bertz CT molecular complexity index is 1630. The standard InChI is InChI=1S/C25H19ClN4O3/c1-25(2,3)24-28-21-19-17(13-8-4-6-10-15(13)26)18-20(33-22(19)27-12-30(21)29-24)14-9-5-7-11-16(14)32-23(18)31/h4-12,17H,1-3H3. The molecule has 6 rings (SSSR count). The zero-order valence-corrected chi connectivity index (χ0v) is 18.9. The van der Waals surface area contributed by atoms with Crippen LogP contribution in [0.15, 0.2) is 64.1 Å². The number of para-hydroxylation sites is 1. The summed E-state index contributed by atoms with van der Waals surface area (Å²) in [6, 6.07) is 14.7. The van der Waals surface area contributed by atoms with Crippen LogP contribution in [0.25, 0.3) is 16.6 Å². The van der Waals surface area contributed by atoms with E-state index in [0.29, 0.717) is 50.2 Å². The minimum absolute atomic E-state index is 0.276. The van der Waals surface area contributed by atoms with E-state index in [0.717, 1.165) is 5.56 Å². The third kappa shape index (κ3) is 2.96. The zero-order valence-electron chi connectivity index (χ0n) is 18.2. The molecule has 1 unspecified atom stereocenters. The minimum atomic E-state index is -0.591. The largest absolute Gasteiger partial charge is 0.437 e. The Morgan fingerprint density at radius 3 is 2.58 bits per heavy atom. The summed E-state index contributed by atoms with van der Waals surface area (Å²) in [4.78, 5) is 22.7. The first-order valence-electron chi connectivity index (χ1n) is 10.6. The summed E-state index contributed by atoms with van der Waals surface area (Å²) < 4.78 is 13.6. The van der Waals surface area contributed by atoms with Crippen molar-refractivity contribution in [2.24, 2.45) is 0 Å². The van der Waals surface area contributed by atoms with Gasteiger partial charge in [0, 0.05) is 10.4 Å². The fourth-order valence-electron chi connectivity index (χ4n) is 4.27. The van der Waals surface area contributed by atoms with E-state index in [1.165, 1.54) is 0 Å². The molecule has 5 aromatic rings. The number of benzene rings is 2. The first-order chi connectivity index (χ1) is 15.8. The van der Waals surface area contributed by atoms with E-state index in [4.69, 9.17) is 25.7 Å². The molecule has 7 nitrogen and oxygen atoms in total. The smallest absolute Gasteiger partial charge is 0.344 e. The van der Waals surface area contributed by atoms with Crippen LogP contribution in [0.3, 0.4) is 0 Å². The van der Waals surface area contributed by atoms with Crippen molar-refractivity contribution in [3.8, 4) is 11.6 Å². The molecule has 1 aliphatic heterocycles. The highest BCUT2D eigenvalue weighted by Crippen LogP contribution is 2.49. The van der Waals surface area contributed by atoms with Crippen molar-refractivity contribution in [2.75, 3.05) is 0 Å². The van der Waals surface area contributed by atoms with Crippen molar-refractivity contribution < 1.29 is 9.15 Å². The summed E-state index contributed by atoms with van der Waals surface area (Å²) >= 11 is 6.65. The minimum Gasteiger partial charge on any atom is -0.437 e. The Morgan fingerprint density at radius 1 is 1.03 bits per heavy atom. The van der Waals surface area contributed by atoms with Crippen LogP contribution in [0.5, 0.6) is 11.6 Å². The molecule has 164 valence electrons. The van der Waals surface area contributed by atoms with Gasteiger partial charge < -0.3 is 9.15 Å². The maximum atomic E-state index is 13.3. The van der Waals surface area contributed by atoms with Gasteiger partial charge in [-0.1, -0.05) is 62.7 Å². The highest BCUT2D eigenvalue weighted by molar-refractivity contribution is 6.31. The number of halogens is 1. The molecular weight excluding hydrogens is 440 g/mol. The van der Waals surface area contributed by atoms with Gasteiger partial charge in [0.15, 0.2) is 17.2 Å². The first kappa shape index (κ1) is 19.9. The molecule has 0 saturated carbocycles. The predicted molar refractivity (Wildman–Crippen MR) is 124 cm³/mol. The van der Waals surface area contributed by atoms with Crippen LogP contribution in [-0.2, 0) is 5.41 Å². The van der Waals surface area contributed by atoms with E-state index in [2.05, 4.69) is 10.1 Å². The highest BCUT2D eigenvalue weighted by atomic mass is 35.5. The van der Waals surface area contributed by atoms with Crippen LogP contribution in [0.4, 0.5) is 0 Å². The van der Waals surface area contributed by atoms with E-state index < -0.39 is 11.5 Å². The average molecular weight is 459 g/mol. The summed E-state index contributed by atoms with van der Waals surface area (Å²) in [6.07, 6.45) is 1.58. The number of hydrogen-bond acceptors (Lipinski definition) is 6. The van der Waals surface area contributed by atoms with Crippen LogP contribution in [0, 0.1) is 0 Å². The van der Waals surface area contributed by atoms with Gasteiger partial charge in [-0.05, 0) is 23.8 Å². The summed E-state index contributed by atoms with van der Waals surface area (Å²) in [5, 5.41) is 5.83. The number of rotatable bonds is 1. The van der Waals surface area contributed by atoms with Crippen molar-refractivity contribution in [2.45, 2.75) is 32.1 Å². The van der Waals surface area contributed by atoms with Crippen LogP contribution in [0.1, 0.15) is 49.2 Å². The lowest BCUT2D eigenvalue weighted by molar-refractivity contribution is 0.422. The molecule has 0 fully saturated rings. The molecule has 0 aliphatic carbocycles. The second-order valence-electron chi connectivity index (χ2n) is 9.10. The summed E-state index contributed by atoms with van der Waals surface area (Å²) in [6.45, 7) is 6.12. The molecule has 33 heavy (non-hydrogen) atoms. The lowest BCUT2D eigenvalue weighted by Crippen LogP contribution is -2.22. The normalized spacial score (nSPS) is 15.3. The Kier molecular flexibility index (Phi) is 4.16. The van der Waals surface area contributed by atoms with Crippen molar-refractivity contribution in [3.05, 3.63) is 92.8 Å². The van der Waals surface area contributed by atoms with E-state index in [1.807, 2.05) is 57.2 Å². The molecule has 3 aromatic heterocycles. The van der Waals surface area contributed by atoms with E-state index in [-0.39, 0.29) is 5.41 Å². The Morgan fingerprint density at radius 2 is 1.79 bits per heavy atom. The summed E-state index contributed by atoms with van der Waals surface area (Å²) in [5.41, 5.74) is 1.98. The fourth-order valence-corrected chi connectivity index (χ4v) is 4.51. The molecule has 0 saturated heterocycles. The quantitative estimate of drug-likeness (QED) is 0.304. The van der Waals surface area contributed by atoms with Gasteiger partial charge in [-0.3, -0.25) is 0 Å². The molecule has 1 atom stereocenters. The molecule has 0 spiro atoms. The van der Waals surface area contributed by atoms with Crippen LogP contribution in [-0.4, -0.2) is 19.6 Å². The SMILES string of the molecule is CC(C)(C)c1nc2c3c(ncn2n1)Oc1c(c(=O)oc2ccccc12)C3c1ccccc1Cl. The van der Waals surface area contributed by atoms with Crippen molar-refractivity contribution >= 4 is 28.2 Å². The summed E-state index contributed by atoms with van der Waals surface area (Å²) in [5.74, 6) is 0.855. The lowest BCUT2D eigenvalue weighted by atomic mass is 9.84. The third-order valence-electron chi connectivity index (χ3n) is 5.85. The third-order valence-corrected chi connectivity index (χ3v) is 6.19. The van der Waals surface area contributed by atoms with E-state index in [9.17, 15) is 4.79 Å². The van der Waals surface area contributed by atoms with Gasteiger partial charge >= 0.3 is 5.63 Å². The van der Waals surface area contributed by atoms with Crippen LogP contribution >= 0.6 is 11.6 Å². The monoisotopic (exact) mass is 458 g/mol. The highest BCUT2D eigenvalue weighted by Gasteiger charge is 2.38. The number of aromatic nitrogens is 4. The fraction of sp³-hybridized carbons (Fsp3) is 0.200. The lowest BCUT2D eigenvalue weighted by Gasteiger charge is -2.27. The van der Waals surface area contributed by atoms with Crippen molar-refractivity contribution in [1.82, 2.24) is 19.6 Å². The number of ether oxygens (including phenoxy) is 1. The van der Waals surface area contributed by atoms with Crippen molar-refractivity contribution in [3.63, 3.8) is 0 Å². The maximum Gasteiger partial charge on any atom is 0.344 e. The second-order valence-corrected chi connectivity index (χ2v) is 9.51. The number of fused-ring (bicyclic) bond motifs is 6. The van der Waals surface area contributed by atoms with Crippen LogP contribution in [0.2, 0.25) is 5.02 Å². The first-order valence-corrected chi connectivity index (χ1v) is 10.9. The van der Waals surface area contributed by atoms with Gasteiger partial charge in [0.05, 0.1) is 22.4 Å². The van der Waals surface area contributed by atoms with Gasteiger partial charge in [-0.25, -0.2) is 19.3 Å². The predicted octanol–water partition coefficient (Wildman–Crippen LogP) is 5.47. The molecule has 0 N–H and O–H groups in total. The Labute approximate surface area is 193 Å². The Balaban J connectivity index is 1.75. The molecule has 8 heteroatoms. The van der Waals surface area contributed by atoms with Crippen molar-refractivity contribution in [1.29, 1.82) is 0 Å². The van der Waals surface area contributed by atoms with Gasteiger partial charge in [0.2, 0.25) is 5.88 Å². The maximum absolute atomic E-state index is 13.3. The molecular formula is C25H19ClN4O3. The molecule has 2 aromatic carbocycles. The Hall–Kier alpha value is -3.71. The molecule has 1 aliphatic rings. The van der Waals surface area contributed by atoms with Gasteiger partial charge in [0.1, 0.15) is 11.9 Å². The molecule has 0 amide bonds. The second kappa shape index (κ2) is 6.89. The topological polar surface area (TPSA) is 82.5 Å². The van der Waals surface area contributed by atoms with E-state index in [1.54, 1.807) is 23.0 Å². The molecule has 0 bridgehead atoms. The van der Waals surface area contributed by atoms with Gasteiger partial charge in [-0.15, -0.1) is 5.10 Å². The summed E-state index contributed by atoms with van der Waals surface area (Å²) in [7, 11) is 0. The van der Waals surface area contributed by atoms with Crippen LogP contribution < -0.4 is 10.4 Å². The van der Waals surface area contributed by atoms with Gasteiger partial charge in [-0.2, -0.15) is 0 Å². The number of hydrogen-bond donors (Lipinski definition) is 0. The molecule has 4 heterocycles. The zero-order chi connectivity index (χ0) is 22.9. The molecule has 0 radical (unpaired) electrons. The number of nitrogens with zero attached hydrogens (tertiary/aromatic N) is 4. The average Bonchev–Trinajstić information content (AvgIpc) is 3.24. The van der Waals surface area contributed by atoms with Gasteiger partial charge in [0.25, 0.3) is 0 Å².